The van der Waals surface area contributed by atoms with Gasteiger partial charge >= 0.3 is 5.97 Å². The fourth-order valence-electron chi connectivity index (χ4n) is 3.70. The summed E-state index contributed by atoms with van der Waals surface area (Å²) in [6, 6.07) is 8.23. The topological polar surface area (TPSA) is 95.6 Å². The van der Waals surface area contributed by atoms with E-state index in [2.05, 4.69) is 9.97 Å². The number of methoxy groups -OCH3 is 1. The van der Waals surface area contributed by atoms with Crippen LogP contribution in [0.3, 0.4) is 0 Å². The van der Waals surface area contributed by atoms with Crippen molar-refractivity contribution in [2.24, 2.45) is 0 Å². The number of fused-ring (bicyclic) bond motifs is 1. The molecule has 2 aliphatic rings. The summed E-state index contributed by atoms with van der Waals surface area (Å²) in [7, 11) is 1.28. The number of rotatable bonds is 5. The van der Waals surface area contributed by atoms with E-state index in [1.807, 2.05) is 30.3 Å². The second kappa shape index (κ2) is 7.67. The van der Waals surface area contributed by atoms with Crippen LogP contribution in [0.2, 0.25) is 0 Å². The quantitative estimate of drug-likeness (QED) is 0.752. The Morgan fingerprint density at radius 3 is 2.82 bits per heavy atom. The molecule has 3 heterocycles. The van der Waals surface area contributed by atoms with Crippen LogP contribution in [-0.4, -0.2) is 69.0 Å². The molecule has 1 unspecified atom stereocenters. The number of imidazole rings is 1. The fraction of sp³-hybridized carbons (Fsp3) is 0.368. The lowest BCUT2D eigenvalue weighted by atomic mass is 10.0. The number of hydrogen-bond acceptors (Lipinski definition) is 6. The summed E-state index contributed by atoms with van der Waals surface area (Å²) in [6.45, 7) is -0.146. The van der Waals surface area contributed by atoms with Gasteiger partial charge in [0.15, 0.2) is 0 Å². The number of nitrogens with zero attached hydrogens (tertiary/aromatic N) is 3. The summed E-state index contributed by atoms with van der Waals surface area (Å²) in [5.74, 6) is -0.435. The maximum atomic E-state index is 13.2. The number of amides is 2. The summed E-state index contributed by atoms with van der Waals surface area (Å²) in [5.41, 5.74) is 1.69. The Morgan fingerprint density at radius 2 is 2.14 bits per heavy atom. The van der Waals surface area contributed by atoms with Gasteiger partial charge in [-0.15, -0.1) is 11.8 Å². The predicted molar refractivity (Wildman–Crippen MR) is 102 cm³/mol. The highest BCUT2D eigenvalue weighted by Crippen LogP contribution is 2.43. The number of esters is 1. The van der Waals surface area contributed by atoms with E-state index in [-0.39, 0.29) is 30.2 Å². The van der Waals surface area contributed by atoms with Crippen LogP contribution in [0.5, 0.6) is 0 Å². The molecule has 0 saturated carbocycles. The minimum absolute atomic E-state index is 0.146. The number of thioether (sulfide) groups is 1. The molecule has 1 aromatic heterocycles. The molecule has 8 nitrogen and oxygen atoms in total. The van der Waals surface area contributed by atoms with Gasteiger partial charge in [-0.25, -0.2) is 9.78 Å². The van der Waals surface area contributed by atoms with Crippen LogP contribution in [0.25, 0.3) is 0 Å². The van der Waals surface area contributed by atoms with Crippen molar-refractivity contribution in [3.63, 3.8) is 0 Å². The number of aromatic nitrogens is 2. The van der Waals surface area contributed by atoms with Crippen molar-refractivity contribution >= 4 is 29.5 Å². The minimum atomic E-state index is -0.871. The molecule has 0 spiro atoms. The smallest absolute Gasteiger partial charge is 0.329 e. The van der Waals surface area contributed by atoms with Gasteiger partial charge in [0.1, 0.15) is 24.0 Å². The van der Waals surface area contributed by atoms with Gasteiger partial charge in [-0.3, -0.25) is 9.59 Å². The van der Waals surface area contributed by atoms with Crippen LogP contribution >= 0.6 is 11.8 Å². The zero-order valence-corrected chi connectivity index (χ0v) is 16.1. The molecule has 3 atom stereocenters. The number of H-pyrrole nitrogens is 1. The average molecular weight is 400 g/mol. The van der Waals surface area contributed by atoms with E-state index in [1.165, 1.54) is 18.3 Å². The zero-order valence-electron chi connectivity index (χ0n) is 15.3. The molecule has 2 fully saturated rings. The summed E-state index contributed by atoms with van der Waals surface area (Å²) >= 11 is 1.57. The summed E-state index contributed by atoms with van der Waals surface area (Å²) in [4.78, 5) is 48.5. The Morgan fingerprint density at radius 1 is 1.36 bits per heavy atom. The van der Waals surface area contributed by atoms with E-state index in [0.717, 1.165) is 5.56 Å². The largest absolute Gasteiger partial charge is 0.467 e. The van der Waals surface area contributed by atoms with E-state index >= 15 is 0 Å². The van der Waals surface area contributed by atoms with Crippen LogP contribution in [0.1, 0.15) is 16.6 Å². The lowest BCUT2D eigenvalue weighted by Gasteiger charge is -2.40. The Hall–Kier alpha value is -2.81. The number of carbonyl (C=O) groups excluding carboxylic acids is 3. The number of carbonyl (C=O) groups is 3. The van der Waals surface area contributed by atoms with Crippen molar-refractivity contribution in [2.75, 3.05) is 19.4 Å². The van der Waals surface area contributed by atoms with Crippen LogP contribution in [0.15, 0.2) is 42.9 Å². The lowest BCUT2D eigenvalue weighted by molar-refractivity contribution is -0.163. The van der Waals surface area contributed by atoms with Crippen molar-refractivity contribution in [3.8, 4) is 0 Å². The minimum Gasteiger partial charge on any atom is -0.467 e. The molecule has 146 valence electrons. The van der Waals surface area contributed by atoms with E-state index in [4.69, 9.17) is 4.74 Å². The van der Waals surface area contributed by atoms with Crippen molar-refractivity contribution < 1.29 is 19.1 Å². The van der Waals surface area contributed by atoms with Crippen LogP contribution in [-0.2, 0) is 25.5 Å². The first-order valence-corrected chi connectivity index (χ1v) is 9.98. The molecule has 9 heteroatoms. The summed E-state index contributed by atoms with van der Waals surface area (Å²) in [6.07, 6.45) is 3.32. The number of nitrogens with one attached hydrogen (secondary N) is 1. The molecule has 2 aromatic rings. The standard InChI is InChI=1S/C19H20N4O4S/c1-27-19(26)14(7-13-8-20-11-21-13)22-9-16(24)23-15(17(22)25)10-28-18(23)12-5-3-2-4-6-12/h2-6,8,11,14-15,18H,7,9-10H2,1H3,(H,20,21)/t14?,15-,18+/m0/s1. The average Bonchev–Trinajstić information content (AvgIpc) is 3.39. The lowest BCUT2D eigenvalue weighted by Crippen LogP contribution is -2.62. The van der Waals surface area contributed by atoms with Gasteiger partial charge in [0.25, 0.3) is 0 Å². The second-order valence-electron chi connectivity index (χ2n) is 6.70. The fourth-order valence-corrected chi connectivity index (χ4v) is 5.14. The van der Waals surface area contributed by atoms with Gasteiger partial charge in [0.05, 0.1) is 13.4 Å². The highest BCUT2D eigenvalue weighted by atomic mass is 32.2. The molecule has 2 saturated heterocycles. The van der Waals surface area contributed by atoms with Crippen LogP contribution in [0, 0.1) is 0 Å². The molecule has 4 rings (SSSR count). The zero-order chi connectivity index (χ0) is 19.7. The van der Waals surface area contributed by atoms with Crippen molar-refractivity contribution in [1.82, 2.24) is 19.8 Å². The Balaban J connectivity index is 1.59. The normalized spacial score (nSPS) is 22.9. The first-order valence-electron chi connectivity index (χ1n) is 8.93. The first-order chi connectivity index (χ1) is 13.6. The first kappa shape index (κ1) is 18.5. The maximum absolute atomic E-state index is 13.2. The van der Waals surface area contributed by atoms with Crippen molar-refractivity contribution in [2.45, 2.75) is 23.9 Å². The van der Waals surface area contributed by atoms with E-state index in [0.29, 0.717) is 11.4 Å². The van der Waals surface area contributed by atoms with E-state index in [9.17, 15) is 14.4 Å². The molecule has 1 aromatic carbocycles. The maximum Gasteiger partial charge on any atom is 0.329 e. The van der Waals surface area contributed by atoms with Crippen molar-refractivity contribution in [1.29, 1.82) is 0 Å². The SMILES string of the molecule is COC(=O)C(Cc1cnc[nH]1)N1CC(=O)N2[C@@H](c3ccccc3)SC[C@H]2C1=O. The molecule has 28 heavy (non-hydrogen) atoms. The van der Waals surface area contributed by atoms with E-state index in [1.54, 1.807) is 22.9 Å². The molecular formula is C19H20N4O4S. The number of hydrogen-bond donors (Lipinski definition) is 1. The van der Waals surface area contributed by atoms with Crippen molar-refractivity contribution in [3.05, 3.63) is 54.1 Å². The van der Waals surface area contributed by atoms with Gasteiger partial charge in [0.2, 0.25) is 11.8 Å². The Kier molecular flexibility index (Phi) is 5.08. The summed E-state index contributed by atoms with van der Waals surface area (Å²) in [5, 5.41) is -0.186. The highest BCUT2D eigenvalue weighted by Gasteiger charge is 2.50. The molecule has 0 radical (unpaired) electrons. The number of aromatic amines is 1. The predicted octanol–water partition coefficient (Wildman–Crippen LogP) is 0.979. The van der Waals surface area contributed by atoms with Crippen LogP contribution < -0.4 is 0 Å². The van der Waals surface area contributed by atoms with Gasteiger partial charge in [-0.1, -0.05) is 30.3 Å². The molecule has 1 N–H and O–H groups in total. The molecule has 2 amide bonds. The van der Waals surface area contributed by atoms with Gasteiger partial charge < -0.3 is 19.5 Å². The highest BCUT2D eigenvalue weighted by molar-refractivity contribution is 7.99. The Labute approximate surface area is 166 Å². The molecule has 0 bridgehead atoms. The third-order valence-corrected chi connectivity index (χ3v) is 6.39. The number of benzene rings is 1. The monoisotopic (exact) mass is 400 g/mol. The number of ether oxygens (including phenoxy) is 1. The molecule has 0 aliphatic carbocycles. The van der Waals surface area contributed by atoms with Gasteiger partial charge in [-0.05, 0) is 5.56 Å². The van der Waals surface area contributed by atoms with E-state index < -0.39 is 18.1 Å². The summed E-state index contributed by atoms with van der Waals surface area (Å²) < 4.78 is 4.90. The second-order valence-corrected chi connectivity index (χ2v) is 7.81. The van der Waals surface area contributed by atoms with Gasteiger partial charge in [-0.2, -0.15) is 0 Å². The number of piperazine rings is 1. The third kappa shape index (κ3) is 3.26. The Bertz CT molecular complexity index is 873. The van der Waals surface area contributed by atoms with Crippen LogP contribution in [0.4, 0.5) is 0 Å². The van der Waals surface area contributed by atoms with Gasteiger partial charge in [0, 0.05) is 24.1 Å². The molecular weight excluding hydrogens is 380 g/mol. The third-order valence-electron chi connectivity index (χ3n) is 5.06. The molecule has 2 aliphatic heterocycles.